The molecule has 1 atom stereocenters. The predicted molar refractivity (Wildman–Crippen MR) is 77.8 cm³/mol. The molecule has 0 aromatic carbocycles. The number of likely N-dealkylation sites (tertiary alicyclic amines) is 1. The van der Waals surface area contributed by atoms with Crippen molar-refractivity contribution in [1.82, 2.24) is 15.5 Å². The second-order valence-corrected chi connectivity index (χ2v) is 6.46. The molecule has 1 aliphatic rings. The molecule has 0 saturated carbocycles. The van der Waals surface area contributed by atoms with E-state index in [0.29, 0.717) is 25.9 Å². The third kappa shape index (κ3) is 4.61. The molecule has 0 aromatic heterocycles. The summed E-state index contributed by atoms with van der Waals surface area (Å²) < 4.78 is 0. The normalized spacial score (nSPS) is 18.0. The van der Waals surface area contributed by atoms with Crippen molar-refractivity contribution in [2.24, 2.45) is 11.3 Å². The number of amides is 3. The lowest BCUT2D eigenvalue weighted by molar-refractivity contribution is -0.142. The molecule has 1 saturated heterocycles. The lowest BCUT2D eigenvalue weighted by Crippen LogP contribution is -2.55. The van der Waals surface area contributed by atoms with Gasteiger partial charge in [-0.25, -0.2) is 9.59 Å². The van der Waals surface area contributed by atoms with E-state index < -0.39 is 17.4 Å². The first-order valence-corrected chi connectivity index (χ1v) is 7.16. The van der Waals surface area contributed by atoms with Crippen LogP contribution in [-0.4, -0.2) is 54.1 Å². The van der Waals surface area contributed by atoms with Gasteiger partial charge in [0.05, 0.1) is 0 Å². The van der Waals surface area contributed by atoms with Crippen molar-refractivity contribution in [1.29, 1.82) is 0 Å². The van der Waals surface area contributed by atoms with E-state index in [-0.39, 0.29) is 17.9 Å². The number of carbonyl (C=O) groups excluding carboxylic acids is 2. The van der Waals surface area contributed by atoms with Crippen LogP contribution >= 0.6 is 0 Å². The number of aliphatic carboxylic acids is 1. The maximum absolute atomic E-state index is 12.2. The van der Waals surface area contributed by atoms with Crippen molar-refractivity contribution < 1.29 is 19.5 Å². The van der Waals surface area contributed by atoms with Crippen molar-refractivity contribution in [2.45, 2.75) is 39.7 Å². The fraction of sp³-hybridized carbons (Fsp3) is 0.786. The van der Waals surface area contributed by atoms with E-state index >= 15 is 0 Å². The van der Waals surface area contributed by atoms with Gasteiger partial charge in [0.25, 0.3) is 0 Å². The molecule has 0 aliphatic carbocycles. The summed E-state index contributed by atoms with van der Waals surface area (Å²) in [4.78, 5) is 36.5. The molecule has 0 unspecified atom stereocenters. The molecule has 1 aliphatic heterocycles. The first-order chi connectivity index (χ1) is 9.66. The zero-order valence-corrected chi connectivity index (χ0v) is 13.1. The van der Waals surface area contributed by atoms with E-state index in [0.717, 1.165) is 0 Å². The highest BCUT2D eigenvalue weighted by Gasteiger charge is 2.35. The Kier molecular flexibility index (Phi) is 5.57. The molecule has 1 rings (SSSR count). The molecular formula is C14H25N3O4. The summed E-state index contributed by atoms with van der Waals surface area (Å²) >= 11 is 0. The van der Waals surface area contributed by atoms with E-state index in [1.165, 1.54) is 0 Å². The van der Waals surface area contributed by atoms with Gasteiger partial charge in [0, 0.05) is 26.1 Å². The fourth-order valence-corrected chi connectivity index (χ4v) is 2.41. The largest absolute Gasteiger partial charge is 0.480 e. The number of hydrogen-bond donors (Lipinski definition) is 3. The number of rotatable bonds is 3. The van der Waals surface area contributed by atoms with Crippen molar-refractivity contribution in [3.05, 3.63) is 0 Å². The summed E-state index contributed by atoms with van der Waals surface area (Å²) in [6.07, 6.45) is 1.20. The van der Waals surface area contributed by atoms with E-state index in [4.69, 9.17) is 0 Å². The number of carboxylic acids is 1. The van der Waals surface area contributed by atoms with Crippen molar-refractivity contribution >= 4 is 17.9 Å². The van der Waals surface area contributed by atoms with Crippen molar-refractivity contribution in [3.8, 4) is 0 Å². The van der Waals surface area contributed by atoms with Gasteiger partial charge >= 0.3 is 12.0 Å². The summed E-state index contributed by atoms with van der Waals surface area (Å²) in [6.45, 7) is 6.22. The molecule has 3 N–H and O–H groups in total. The van der Waals surface area contributed by atoms with Crippen LogP contribution in [0, 0.1) is 11.3 Å². The third-order valence-corrected chi connectivity index (χ3v) is 3.78. The maximum Gasteiger partial charge on any atom is 0.326 e. The minimum absolute atomic E-state index is 0.00633. The quantitative estimate of drug-likeness (QED) is 0.712. The zero-order chi connectivity index (χ0) is 16.2. The number of carboxylic acid groups (broad SMARTS) is 1. The number of urea groups is 1. The Hall–Kier alpha value is -1.79. The van der Waals surface area contributed by atoms with Crippen molar-refractivity contribution in [3.63, 3.8) is 0 Å². The maximum atomic E-state index is 12.2. The Balaban J connectivity index is 2.58. The molecule has 7 heteroatoms. The molecule has 21 heavy (non-hydrogen) atoms. The van der Waals surface area contributed by atoms with Crippen LogP contribution in [0.2, 0.25) is 0 Å². The highest BCUT2D eigenvalue weighted by atomic mass is 16.4. The second kappa shape index (κ2) is 6.78. The average molecular weight is 299 g/mol. The summed E-state index contributed by atoms with van der Waals surface area (Å²) in [5.41, 5.74) is -0.568. The number of hydrogen-bond acceptors (Lipinski definition) is 3. The SMILES string of the molecule is CNC(=O)C1CCN(C(=O)N[C@H](C(=O)O)C(C)(C)C)CC1. The zero-order valence-electron chi connectivity index (χ0n) is 13.1. The molecule has 0 spiro atoms. The molecule has 0 radical (unpaired) electrons. The first-order valence-electron chi connectivity index (χ1n) is 7.16. The van der Waals surface area contributed by atoms with Crippen LogP contribution < -0.4 is 10.6 Å². The van der Waals surface area contributed by atoms with E-state index in [1.807, 2.05) is 0 Å². The lowest BCUT2D eigenvalue weighted by Gasteiger charge is -2.34. The average Bonchev–Trinajstić information content (AvgIpc) is 2.42. The molecule has 3 amide bonds. The predicted octanol–water partition coefficient (Wildman–Crippen LogP) is 0.653. The van der Waals surface area contributed by atoms with Gasteiger partial charge in [-0.1, -0.05) is 20.8 Å². The van der Waals surface area contributed by atoms with Gasteiger partial charge in [0.1, 0.15) is 6.04 Å². The molecule has 120 valence electrons. The van der Waals surface area contributed by atoms with Gasteiger partial charge < -0.3 is 20.6 Å². The highest BCUT2D eigenvalue weighted by molar-refractivity contribution is 5.83. The highest BCUT2D eigenvalue weighted by Crippen LogP contribution is 2.21. The Labute approximate surface area is 125 Å². The van der Waals surface area contributed by atoms with Crippen LogP contribution in [-0.2, 0) is 9.59 Å². The molecule has 1 heterocycles. The Morgan fingerprint density at radius 3 is 2.10 bits per heavy atom. The number of carbonyl (C=O) groups is 3. The molecule has 1 fully saturated rings. The van der Waals surface area contributed by atoms with Crippen molar-refractivity contribution in [2.75, 3.05) is 20.1 Å². The van der Waals surface area contributed by atoms with Gasteiger partial charge in [-0.2, -0.15) is 0 Å². The van der Waals surface area contributed by atoms with Crippen LogP contribution in [0.4, 0.5) is 4.79 Å². The number of piperidine rings is 1. The molecule has 7 nitrogen and oxygen atoms in total. The number of nitrogens with one attached hydrogen (secondary N) is 2. The fourth-order valence-electron chi connectivity index (χ4n) is 2.41. The van der Waals surface area contributed by atoms with Crippen LogP contribution in [0.15, 0.2) is 0 Å². The van der Waals surface area contributed by atoms with E-state index in [2.05, 4.69) is 10.6 Å². The molecule has 0 bridgehead atoms. The summed E-state index contributed by atoms with van der Waals surface area (Å²) in [5.74, 6) is -1.12. The van der Waals surface area contributed by atoms with Crippen LogP contribution in [0.3, 0.4) is 0 Å². The minimum atomic E-state index is -1.05. The van der Waals surface area contributed by atoms with Gasteiger partial charge in [-0.15, -0.1) is 0 Å². The lowest BCUT2D eigenvalue weighted by atomic mass is 9.87. The molecule has 0 aromatic rings. The van der Waals surface area contributed by atoms with Gasteiger partial charge in [-0.3, -0.25) is 4.79 Å². The number of nitrogens with zero attached hydrogens (tertiary/aromatic N) is 1. The Morgan fingerprint density at radius 1 is 1.19 bits per heavy atom. The smallest absolute Gasteiger partial charge is 0.326 e. The van der Waals surface area contributed by atoms with Gasteiger partial charge in [-0.05, 0) is 18.3 Å². The summed E-state index contributed by atoms with van der Waals surface area (Å²) in [7, 11) is 1.60. The Bertz CT molecular complexity index is 409. The van der Waals surface area contributed by atoms with E-state index in [1.54, 1.807) is 32.7 Å². The topological polar surface area (TPSA) is 98.7 Å². The first kappa shape index (κ1) is 17.3. The van der Waals surface area contributed by atoms with Crippen LogP contribution in [0.5, 0.6) is 0 Å². The summed E-state index contributed by atoms with van der Waals surface area (Å²) in [5, 5.41) is 14.4. The third-order valence-electron chi connectivity index (χ3n) is 3.78. The monoisotopic (exact) mass is 299 g/mol. The van der Waals surface area contributed by atoms with Crippen LogP contribution in [0.25, 0.3) is 0 Å². The van der Waals surface area contributed by atoms with E-state index in [9.17, 15) is 19.5 Å². The molecular weight excluding hydrogens is 274 g/mol. The van der Waals surface area contributed by atoms with Crippen LogP contribution in [0.1, 0.15) is 33.6 Å². The minimum Gasteiger partial charge on any atom is -0.480 e. The summed E-state index contributed by atoms with van der Waals surface area (Å²) in [6, 6.07) is -1.32. The standard InChI is InChI=1S/C14H25N3O4/c1-14(2,3)10(12(19)20)16-13(21)17-7-5-9(6-8-17)11(18)15-4/h9-10H,5-8H2,1-4H3,(H,15,18)(H,16,21)(H,19,20)/t10-/m1/s1. The van der Waals surface area contributed by atoms with Gasteiger partial charge in [0.15, 0.2) is 0 Å². The Morgan fingerprint density at radius 2 is 1.71 bits per heavy atom. The van der Waals surface area contributed by atoms with Gasteiger partial charge in [0.2, 0.25) is 5.91 Å². The second-order valence-electron chi connectivity index (χ2n) is 6.46.